The van der Waals surface area contributed by atoms with Gasteiger partial charge in [0.25, 0.3) is 0 Å². The first-order valence-electron chi connectivity index (χ1n) is 7.91. The lowest BCUT2D eigenvalue weighted by molar-refractivity contribution is -0.134. The number of nitrogens with zero attached hydrogens (tertiary/aromatic N) is 2. The first-order valence-corrected chi connectivity index (χ1v) is 8.85. The van der Waals surface area contributed by atoms with Crippen molar-refractivity contribution in [3.05, 3.63) is 52.5 Å². The molecule has 8 heteroatoms. The highest BCUT2D eigenvalue weighted by molar-refractivity contribution is 7.07. The molecule has 0 bridgehead atoms. The number of urea groups is 1. The third-order valence-corrected chi connectivity index (χ3v) is 4.61. The van der Waals surface area contributed by atoms with Gasteiger partial charge in [-0.2, -0.15) is 11.3 Å². The summed E-state index contributed by atoms with van der Waals surface area (Å²) in [6.07, 6.45) is 3.81. The van der Waals surface area contributed by atoms with Gasteiger partial charge in [-0.1, -0.05) is 6.07 Å². The maximum atomic E-state index is 13.0. The molecule has 25 heavy (non-hydrogen) atoms. The number of carbonyl (C=O) groups excluding carboxylic acids is 3. The van der Waals surface area contributed by atoms with Crippen molar-refractivity contribution in [3.63, 3.8) is 0 Å². The summed E-state index contributed by atoms with van der Waals surface area (Å²) in [5.41, 5.74) is 1.93. The summed E-state index contributed by atoms with van der Waals surface area (Å²) >= 11 is 1.56. The van der Waals surface area contributed by atoms with Gasteiger partial charge in [0, 0.05) is 31.9 Å². The maximum Gasteiger partial charge on any atom is 0.322 e. The largest absolute Gasteiger partial charge is 0.332 e. The number of rotatable bonds is 5. The van der Waals surface area contributed by atoms with Gasteiger partial charge in [0.05, 0.1) is 0 Å². The van der Waals surface area contributed by atoms with E-state index in [9.17, 15) is 14.4 Å². The normalized spacial score (nSPS) is 17.4. The number of aromatic nitrogens is 1. The van der Waals surface area contributed by atoms with Crippen LogP contribution in [0.25, 0.3) is 0 Å². The summed E-state index contributed by atoms with van der Waals surface area (Å²) in [4.78, 5) is 41.9. The van der Waals surface area contributed by atoms with Crippen LogP contribution >= 0.6 is 11.3 Å². The number of pyridine rings is 1. The Balaban J connectivity index is 1.78. The third-order valence-electron chi connectivity index (χ3n) is 3.88. The number of carbonyl (C=O) groups is 3. The highest BCUT2D eigenvalue weighted by Gasteiger charge is 2.29. The molecule has 2 aromatic heterocycles. The molecular formula is C17H18N4O3S. The van der Waals surface area contributed by atoms with Crippen LogP contribution in [0.3, 0.4) is 0 Å². The van der Waals surface area contributed by atoms with Crippen LogP contribution < -0.4 is 10.6 Å². The summed E-state index contributed by atoms with van der Waals surface area (Å²) in [6.45, 7) is 0.821. The molecule has 0 aliphatic carbocycles. The first-order chi connectivity index (χ1) is 12.1. The van der Waals surface area contributed by atoms with Crippen LogP contribution in [0.4, 0.5) is 4.79 Å². The molecule has 3 rings (SSSR count). The number of thiophene rings is 1. The Morgan fingerprint density at radius 1 is 1.28 bits per heavy atom. The lowest BCUT2D eigenvalue weighted by Crippen LogP contribution is -2.49. The van der Waals surface area contributed by atoms with Gasteiger partial charge in [-0.15, -0.1) is 0 Å². The van der Waals surface area contributed by atoms with Gasteiger partial charge < -0.3 is 10.2 Å². The SMILES string of the molecule is O=C1CC[C@H](C(=O)N(Cc2cccnc2)Cc2ccsc2)NC(=O)N1. The van der Waals surface area contributed by atoms with Crippen LogP contribution in [0.5, 0.6) is 0 Å². The second-order valence-corrected chi connectivity index (χ2v) is 6.58. The highest BCUT2D eigenvalue weighted by Crippen LogP contribution is 2.15. The molecule has 7 nitrogen and oxygen atoms in total. The average molecular weight is 358 g/mol. The average Bonchev–Trinajstić information content (AvgIpc) is 3.05. The number of nitrogens with one attached hydrogen (secondary N) is 2. The summed E-state index contributed by atoms with van der Waals surface area (Å²) in [5.74, 6) is -0.579. The van der Waals surface area contributed by atoms with Crippen molar-refractivity contribution in [2.45, 2.75) is 32.0 Å². The zero-order valence-electron chi connectivity index (χ0n) is 13.5. The predicted molar refractivity (Wildman–Crippen MR) is 92.5 cm³/mol. The Hall–Kier alpha value is -2.74. The van der Waals surface area contributed by atoms with Crippen molar-refractivity contribution in [2.24, 2.45) is 0 Å². The van der Waals surface area contributed by atoms with Gasteiger partial charge in [0.1, 0.15) is 6.04 Å². The fourth-order valence-corrected chi connectivity index (χ4v) is 3.32. The van der Waals surface area contributed by atoms with E-state index in [4.69, 9.17) is 0 Å². The van der Waals surface area contributed by atoms with Crippen LogP contribution in [-0.2, 0) is 22.7 Å². The van der Waals surface area contributed by atoms with Gasteiger partial charge in [-0.25, -0.2) is 4.79 Å². The molecule has 1 aliphatic heterocycles. The lowest BCUT2D eigenvalue weighted by Gasteiger charge is -2.26. The summed E-state index contributed by atoms with van der Waals surface area (Å²) < 4.78 is 0. The zero-order valence-corrected chi connectivity index (χ0v) is 14.3. The van der Waals surface area contributed by atoms with E-state index in [0.717, 1.165) is 11.1 Å². The van der Waals surface area contributed by atoms with E-state index < -0.39 is 12.1 Å². The van der Waals surface area contributed by atoms with E-state index in [1.807, 2.05) is 29.0 Å². The van der Waals surface area contributed by atoms with Crippen LogP contribution in [-0.4, -0.2) is 33.8 Å². The van der Waals surface area contributed by atoms with Crippen molar-refractivity contribution in [3.8, 4) is 0 Å². The van der Waals surface area contributed by atoms with Crippen LogP contribution in [0.1, 0.15) is 24.0 Å². The molecule has 0 spiro atoms. The molecule has 3 heterocycles. The molecule has 1 saturated heterocycles. The molecule has 1 atom stereocenters. The number of hydrogen-bond acceptors (Lipinski definition) is 5. The Kier molecular flexibility index (Phi) is 5.39. The minimum Gasteiger partial charge on any atom is -0.332 e. The summed E-state index contributed by atoms with van der Waals surface area (Å²) in [5, 5.41) is 8.72. The first kappa shape index (κ1) is 17.1. The van der Waals surface area contributed by atoms with Crippen molar-refractivity contribution < 1.29 is 14.4 Å². The molecule has 4 amide bonds. The van der Waals surface area contributed by atoms with Crippen molar-refractivity contribution >= 4 is 29.2 Å². The second kappa shape index (κ2) is 7.89. The molecule has 2 N–H and O–H groups in total. The van der Waals surface area contributed by atoms with Gasteiger partial charge in [0.2, 0.25) is 11.8 Å². The zero-order chi connectivity index (χ0) is 17.6. The molecule has 0 radical (unpaired) electrons. The smallest absolute Gasteiger partial charge is 0.322 e. The Bertz CT molecular complexity index is 749. The minimum atomic E-state index is -0.721. The topological polar surface area (TPSA) is 91.4 Å². The number of amides is 4. The van der Waals surface area contributed by atoms with Crippen molar-refractivity contribution in [1.82, 2.24) is 20.5 Å². The molecule has 1 aliphatic rings. The minimum absolute atomic E-state index is 0.133. The summed E-state index contributed by atoms with van der Waals surface area (Å²) in [7, 11) is 0. The quantitative estimate of drug-likeness (QED) is 0.850. The fourth-order valence-electron chi connectivity index (χ4n) is 2.66. The van der Waals surface area contributed by atoms with Gasteiger partial charge in [-0.05, 0) is 40.4 Å². The monoisotopic (exact) mass is 358 g/mol. The molecule has 2 aromatic rings. The van der Waals surface area contributed by atoms with Gasteiger partial charge in [-0.3, -0.25) is 19.9 Å². The Morgan fingerprint density at radius 3 is 2.84 bits per heavy atom. The third kappa shape index (κ3) is 4.63. The standard InChI is InChI=1S/C17H18N4O3S/c22-15-4-3-14(19-17(24)20-15)16(23)21(10-13-5-7-25-11-13)9-12-2-1-6-18-8-12/h1-2,5-8,11,14H,3-4,9-10H2,(H2,19,20,22,24)/t14-/m1/s1. The highest BCUT2D eigenvalue weighted by atomic mass is 32.1. The lowest BCUT2D eigenvalue weighted by atomic mass is 10.1. The molecule has 0 aromatic carbocycles. The van der Waals surface area contributed by atoms with E-state index in [-0.39, 0.29) is 24.7 Å². The predicted octanol–water partition coefficient (Wildman–Crippen LogP) is 1.66. The molecule has 0 saturated carbocycles. The molecule has 130 valence electrons. The molecule has 1 fully saturated rings. The van der Waals surface area contributed by atoms with E-state index in [1.165, 1.54) is 0 Å². The summed E-state index contributed by atoms with van der Waals surface area (Å²) in [6, 6.07) is 4.33. The van der Waals surface area contributed by atoms with E-state index in [2.05, 4.69) is 15.6 Å². The van der Waals surface area contributed by atoms with Gasteiger partial charge in [0.15, 0.2) is 0 Å². The van der Waals surface area contributed by atoms with E-state index in [1.54, 1.807) is 28.6 Å². The number of imide groups is 1. The van der Waals surface area contributed by atoms with E-state index in [0.29, 0.717) is 13.1 Å². The fraction of sp³-hybridized carbons (Fsp3) is 0.294. The Labute approximate surface area is 149 Å². The molecular weight excluding hydrogens is 340 g/mol. The maximum absolute atomic E-state index is 13.0. The van der Waals surface area contributed by atoms with Crippen LogP contribution in [0, 0.1) is 0 Å². The van der Waals surface area contributed by atoms with Crippen molar-refractivity contribution in [2.75, 3.05) is 0 Å². The van der Waals surface area contributed by atoms with Crippen LogP contribution in [0.2, 0.25) is 0 Å². The van der Waals surface area contributed by atoms with Gasteiger partial charge >= 0.3 is 6.03 Å². The Morgan fingerprint density at radius 2 is 2.12 bits per heavy atom. The van der Waals surface area contributed by atoms with Crippen molar-refractivity contribution in [1.29, 1.82) is 0 Å². The van der Waals surface area contributed by atoms with Crippen LogP contribution in [0.15, 0.2) is 41.4 Å². The second-order valence-electron chi connectivity index (χ2n) is 5.80. The molecule has 0 unspecified atom stereocenters. The number of hydrogen-bond donors (Lipinski definition) is 2. The van der Waals surface area contributed by atoms with E-state index >= 15 is 0 Å².